The molecular formula is C96H104F8O21S8. The Hall–Kier alpha value is -10.7. The number of carbonyl (C=O) groups is 4. The van der Waals surface area contributed by atoms with Gasteiger partial charge >= 0.3 is 44.9 Å². The number of hydrogen-bond acceptors (Lipinski definition) is 21. The summed E-state index contributed by atoms with van der Waals surface area (Å²) in [5.41, 5.74) is 2.61. The molecule has 0 amide bonds. The molecule has 0 aliphatic carbocycles. The summed E-state index contributed by atoms with van der Waals surface area (Å²) in [6.45, 7) is 26.8. The molecule has 0 aromatic heterocycles. The lowest BCUT2D eigenvalue weighted by Crippen LogP contribution is -2.34. The van der Waals surface area contributed by atoms with Gasteiger partial charge in [0.15, 0.2) is 116 Å². The third kappa shape index (κ3) is 41.4. The van der Waals surface area contributed by atoms with Gasteiger partial charge in [0.05, 0.1) is 32.7 Å². The summed E-state index contributed by atoms with van der Waals surface area (Å²) in [5, 5.41) is -18.4. The Bertz CT molecular complexity index is 5440. The number of ether oxygens (including phenoxy) is 5. The normalized spacial score (nSPS) is 11.8. The van der Waals surface area contributed by atoms with Gasteiger partial charge in [0.25, 0.3) is 0 Å². The number of hydrogen-bond donors (Lipinski definition) is 0. The minimum Gasteiger partial charge on any atom is -0.743 e. The maximum Gasteiger partial charge on any atom is 0.367 e. The highest BCUT2D eigenvalue weighted by Crippen LogP contribution is 2.37. The molecule has 0 fully saturated rings. The zero-order valence-electron chi connectivity index (χ0n) is 74.8. The first kappa shape index (κ1) is 116. The Morgan fingerprint density at radius 3 is 0.647 bits per heavy atom. The first-order valence-electron chi connectivity index (χ1n) is 39.2. The van der Waals surface area contributed by atoms with Crippen molar-refractivity contribution in [2.24, 2.45) is 0 Å². The van der Waals surface area contributed by atoms with Gasteiger partial charge in [0.1, 0.15) is 23.9 Å². The molecule has 133 heavy (non-hydrogen) atoms. The first-order chi connectivity index (χ1) is 61.5. The smallest absolute Gasteiger partial charge is 0.367 e. The van der Waals surface area contributed by atoms with Crippen LogP contribution >= 0.6 is 0 Å². The summed E-state index contributed by atoms with van der Waals surface area (Å²) >= 11 is 0. The second kappa shape index (κ2) is 52.8. The van der Waals surface area contributed by atoms with E-state index in [0.717, 1.165) is 5.75 Å². The van der Waals surface area contributed by atoms with Crippen molar-refractivity contribution in [1.29, 1.82) is 0 Å². The van der Waals surface area contributed by atoms with Gasteiger partial charge in [-0.1, -0.05) is 220 Å². The summed E-state index contributed by atoms with van der Waals surface area (Å²) in [6.07, 6.45) is 5.59. The maximum absolute atomic E-state index is 12.3. The Kier molecular flexibility index (Phi) is 46.3. The van der Waals surface area contributed by atoms with Crippen molar-refractivity contribution >= 4 is 108 Å². The van der Waals surface area contributed by atoms with E-state index in [0.29, 0.717) is 23.0 Å². The minimum atomic E-state index is -5.81. The quantitative estimate of drug-likeness (QED) is 0.0115. The van der Waals surface area contributed by atoms with E-state index < -0.39 is 112 Å². The van der Waals surface area contributed by atoms with Crippen molar-refractivity contribution in [2.75, 3.05) is 38.9 Å². The van der Waals surface area contributed by atoms with Crippen LogP contribution < -0.4 is 4.74 Å². The van der Waals surface area contributed by atoms with E-state index in [2.05, 4.69) is 405 Å². The van der Waals surface area contributed by atoms with Crippen molar-refractivity contribution in [3.8, 4) is 5.75 Å². The molecule has 0 atom stereocenters. The van der Waals surface area contributed by atoms with Crippen LogP contribution in [0.25, 0.3) is 0 Å². The van der Waals surface area contributed by atoms with Crippen LogP contribution in [0.3, 0.4) is 0 Å². The fourth-order valence-corrected chi connectivity index (χ4v) is 17.5. The third-order valence-corrected chi connectivity index (χ3v) is 27.8. The third-order valence-electron chi connectivity index (χ3n) is 16.5. The van der Waals surface area contributed by atoms with Crippen LogP contribution in [-0.2, 0) is 133 Å². The van der Waals surface area contributed by atoms with E-state index in [1.807, 2.05) is 0 Å². The topological polar surface area (TPSA) is 343 Å². The molecule has 0 unspecified atom stereocenters. The highest BCUT2D eigenvalue weighted by atomic mass is 32.2. The molecular weight excluding hydrogens is 1900 g/mol. The molecule has 21 nitrogen and oxygen atoms in total. The summed E-state index contributed by atoms with van der Waals surface area (Å²) < 4.78 is 238. The molecule has 0 aliphatic rings. The van der Waals surface area contributed by atoms with E-state index >= 15 is 0 Å². The molecule has 0 saturated heterocycles. The highest BCUT2D eigenvalue weighted by Gasteiger charge is 2.43. The zero-order valence-corrected chi connectivity index (χ0v) is 81.3. The van der Waals surface area contributed by atoms with E-state index in [1.165, 1.54) is 73.9 Å². The molecule has 0 heterocycles. The van der Waals surface area contributed by atoms with E-state index in [-0.39, 0.29) is 60.3 Å². The van der Waals surface area contributed by atoms with Gasteiger partial charge in [-0.2, -0.15) is 35.1 Å². The van der Waals surface area contributed by atoms with Crippen LogP contribution in [-0.4, -0.2) is 141 Å². The predicted octanol–water partition coefficient (Wildman–Crippen LogP) is 20.2. The Morgan fingerprint density at radius 1 is 0.308 bits per heavy atom. The molecule has 0 aliphatic heterocycles. The van der Waals surface area contributed by atoms with E-state index in [1.54, 1.807) is 0 Å². The van der Waals surface area contributed by atoms with Gasteiger partial charge in [-0.15, -0.1) is 0 Å². The second-order valence-corrected chi connectivity index (χ2v) is 45.1. The Labute approximate surface area is 785 Å². The molecule has 10 aromatic carbocycles. The average Bonchev–Trinajstić information content (AvgIpc) is 0.769. The SMILES string of the molecule is C=C(C)C(=O)OCC(F)(F)S(=O)(=O)[O-].C=C(C)C(=O)OCC(F)(F)S(=O)(=O)[O-].C=CC(=O)OCC(F)(F)S(=O)(=O)[O-].C=CC(=O)OCC(F)(F)S(=O)(=O)[O-].CC(C)(C)Oc1ccc([S+](c2ccccc2)c2ccccc2)cc1.CC(C)(C)c1ccc([S+](c2ccccc2)c2ccccc2)cc1.CC(C)(C)c1ccc([S+](c2ccccc2)c2ccccc2)cc1.C[S+](C)c1ccccc1. The standard InChI is InChI=1S/C22H23OS.2C22H23S.C8H11S.2C6H8F2O5S.2C5H6F2O5S/c1-22(2,3)23-18-14-16-21(17-15-18)24(19-10-6-4-7-11-19)20-12-8-5-9-13-20;2*1-22(2,3)18-14-16-21(17-15-18)23(19-10-6-4-7-11-19)20-12-8-5-9-13-20;1-9(2)8-6-4-3-5-7-8;2*1-4(2)5(9)13-3-6(7,8)14(10,11)12;2*1-2-4(8)12-3-5(6,7)13(9,10)11/h4-17H,1-3H3;2*4-17H,1-3H3;3-7H,1-2H3;2*1,3H2,2H3,(H,10,11,12);2*2H,1,3H2,(H,9,10,11)/q4*+1;;;;/p-4. The number of benzene rings is 10. The van der Waals surface area contributed by atoms with Crippen molar-refractivity contribution in [2.45, 2.75) is 163 Å². The summed E-state index contributed by atoms with van der Waals surface area (Å²) in [4.78, 5) is 55.1. The lowest BCUT2D eigenvalue weighted by molar-refractivity contribution is -0.145. The van der Waals surface area contributed by atoms with E-state index in [9.17, 15) is 106 Å². The maximum atomic E-state index is 12.3. The second-order valence-electron chi connectivity index (χ2n) is 30.9. The number of alkyl halides is 8. The van der Waals surface area contributed by atoms with Crippen LogP contribution in [0.15, 0.2) is 384 Å². The van der Waals surface area contributed by atoms with Crippen molar-refractivity contribution in [3.63, 3.8) is 0 Å². The summed E-state index contributed by atoms with van der Waals surface area (Å²) in [7, 11) is -23.0. The molecule has 10 aromatic rings. The largest absolute Gasteiger partial charge is 0.743 e. The van der Waals surface area contributed by atoms with Gasteiger partial charge in [0.2, 0.25) is 0 Å². The minimum absolute atomic E-state index is 0.0497. The van der Waals surface area contributed by atoms with Gasteiger partial charge < -0.3 is 41.9 Å². The van der Waals surface area contributed by atoms with E-state index in [4.69, 9.17) is 4.74 Å². The van der Waals surface area contributed by atoms with Crippen LogP contribution in [0, 0.1) is 0 Å². The number of halogens is 8. The van der Waals surface area contributed by atoms with Gasteiger partial charge in [-0.25, -0.2) is 52.8 Å². The molecule has 718 valence electrons. The van der Waals surface area contributed by atoms with Crippen LogP contribution in [0.5, 0.6) is 5.75 Å². The first-order valence-corrected chi connectivity index (χ1v) is 50.6. The highest BCUT2D eigenvalue weighted by molar-refractivity contribution is 7.98. The predicted molar refractivity (Wildman–Crippen MR) is 499 cm³/mol. The molecule has 0 saturated carbocycles. The molecule has 0 spiro atoms. The lowest BCUT2D eigenvalue weighted by Gasteiger charge is -2.21. The molecule has 0 bridgehead atoms. The fourth-order valence-electron chi connectivity index (χ4n) is 9.70. The molecule has 37 heteroatoms. The Morgan fingerprint density at radius 2 is 0.489 bits per heavy atom. The zero-order chi connectivity index (χ0) is 101. The van der Waals surface area contributed by atoms with Crippen molar-refractivity contribution in [3.05, 3.63) is 346 Å². The van der Waals surface area contributed by atoms with Crippen LogP contribution in [0.2, 0.25) is 0 Å². The van der Waals surface area contributed by atoms with Crippen molar-refractivity contribution < 1.29 is 130 Å². The van der Waals surface area contributed by atoms with Crippen molar-refractivity contribution in [1.82, 2.24) is 0 Å². The number of carbonyl (C=O) groups excluding carboxylic acids is 4. The van der Waals surface area contributed by atoms with Crippen LogP contribution in [0.4, 0.5) is 35.1 Å². The van der Waals surface area contributed by atoms with Gasteiger partial charge in [0, 0.05) is 34.2 Å². The molecule has 0 radical (unpaired) electrons. The van der Waals surface area contributed by atoms with Crippen LogP contribution in [0.1, 0.15) is 87.3 Å². The number of rotatable bonds is 27. The summed E-state index contributed by atoms with van der Waals surface area (Å²) in [5.74, 6) is -3.93. The molecule has 0 N–H and O–H groups in total. The molecule has 10 rings (SSSR count). The fraction of sp³-hybridized carbons (Fsp3) is 0.250. The monoisotopic (exact) mass is 2000 g/mol. The van der Waals surface area contributed by atoms with Gasteiger partial charge in [-0.3, -0.25) is 0 Å². The summed E-state index contributed by atoms with van der Waals surface area (Å²) in [6, 6.07) is 102. The number of esters is 4. The Balaban J connectivity index is 0.000000400. The lowest BCUT2D eigenvalue weighted by atomic mass is 9.87. The average molecular weight is 2000 g/mol. The van der Waals surface area contributed by atoms with Gasteiger partial charge in [-0.05, 0) is 190 Å².